The van der Waals surface area contributed by atoms with Gasteiger partial charge < -0.3 is 10.1 Å². The Labute approximate surface area is 133 Å². The second kappa shape index (κ2) is 6.45. The molecule has 3 rings (SSSR count). The third kappa shape index (κ3) is 3.35. The largest absolute Gasteiger partial charge is 0.497 e. The van der Waals surface area contributed by atoms with Gasteiger partial charge in [-0.05, 0) is 54.6 Å². The number of rotatable bonds is 4. The summed E-state index contributed by atoms with van der Waals surface area (Å²) in [5.74, 6) is 1.35. The predicted molar refractivity (Wildman–Crippen MR) is 88.8 cm³/mol. The molecule has 110 valence electrons. The zero-order valence-electron chi connectivity index (χ0n) is 12.0. The van der Waals surface area contributed by atoms with E-state index in [0.717, 1.165) is 22.7 Å². The van der Waals surface area contributed by atoms with Gasteiger partial charge in [-0.3, -0.25) is 0 Å². The van der Waals surface area contributed by atoms with Crippen LogP contribution in [0.4, 0.5) is 11.6 Å². The van der Waals surface area contributed by atoms with E-state index in [1.165, 1.54) is 0 Å². The van der Waals surface area contributed by atoms with Crippen molar-refractivity contribution < 1.29 is 4.74 Å². The maximum Gasteiger partial charge on any atom is 0.227 e. The Balaban J connectivity index is 1.83. The van der Waals surface area contributed by atoms with Crippen molar-refractivity contribution in [3.8, 4) is 17.0 Å². The molecule has 0 spiro atoms. The summed E-state index contributed by atoms with van der Waals surface area (Å²) in [6, 6.07) is 17.0. The molecule has 1 N–H and O–H groups in total. The average Bonchev–Trinajstić information content (AvgIpc) is 2.57. The maximum absolute atomic E-state index is 5.88. The Morgan fingerprint density at radius 2 is 1.68 bits per heavy atom. The zero-order valence-corrected chi connectivity index (χ0v) is 12.7. The third-order valence-electron chi connectivity index (χ3n) is 3.14. The molecule has 0 aliphatic heterocycles. The van der Waals surface area contributed by atoms with Crippen LogP contribution in [0, 0.1) is 0 Å². The Kier molecular flexibility index (Phi) is 4.21. The van der Waals surface area contributed by atoms with E-state index in [2.05, 4.69) is 15.3 Å². The molecule has 3 aromatic rings. The monoisotopic (exact) mass is 311 g/mol. The number of aromatic nitrogens is 2. The lowest BCUT2D eigenvalue weighted by Crippen LogP contribution is -1.97. The van der Waals surface area contributed by atoms with E-state index in [9.17, 15) is 0 Å². The van der Waals surface area contributed by atoms with Crippen LogP contribution in [0.2, 0.25) is 5.02 Å². The van der Waals surface area contributed by atoms with Crippen LogP contribution in [0.5, 0.6) is 5.75 Å². The first kappa shape index (κ1) is 14.4. The van der Waals surface area contributed by atoms with Crippen LogP contribution in [-0.4, -0.2) is 17.1 Å². The molecule has 0 fully saturated rings. The molecule has 0 atom stereocenters. The molecular formula is C17H14ClN3O. The minimum Gasteiger partial charge on any atom is -0.497 e. The average molecular weight is 312 g/mol. The van der Waals surface area contributed by atoms with Crippen molar-refractivity contribution in [3.63, 3.8) is 0 Å². The van der Waals surface area contributed by atoms with E-state index < -0.39 is 0 Å². The topological polar surface area (TPSA) is 47.0 Å². The van der Waals surface area contributed by atoms with Crippen molar-refractivity contribution in [1.29, 1.82) is 0 Å². The first-order valence-corrected chi connectivity index (χ1v) is 7.12. The van der Waals surface area contributed by atoms with Crippen LogP contribution < -0.4 is 10.1 Å². The molecule has 0 amide bonds. The zero-order chi connectivity index (χ0) is 15.4. The number of hydrogen-bond donors (Lipinski definition) is 1. The summed E-state index contributed by atoms with van der Waals surface area (Å²) in [5, 5.41) is 3.85. The lowest BCUT2D eigenvalue weighted by atomic mass is 10.1. The summed E-state index contributed by atoms with van der Waals surface area (Å²) in [7, 11) is 1.65. The molecule has 0 saturated carbocycles. The Morgan fingerprint density at radius 1 is 0.955 bits per heavy atom. The number of methoxy groups -OCH3 is 1. The van der Waals surface area contributed by atoms with Gasteiger partial charge in [0.05, 0.1) is 12.8 Å². The fourth-order valence-corrected chi connectivity index (χ4v) is 2.13. The van der Waals surface area contributed by atoms with E-state index in [1.54, 1.807) is 13.3 Å². The molecule has 1 heterocycles. The fraction of sp³-hybridized carbons (Fsp3) is 0.0588. The van der Waals surface area contributed by atoms with Crippen LogP contribution in [0.15, 0.2) is 60.8 Å². The standard InChI is InChI=1S/C17H14ClN3O/c1-22-15-8-2-12(3-9-15)16-10-11-19-17(21-16)20-14-6-4-13(18)5-7-14/h2-11H,1H3,(H,19,20,21). The SMILES string of the molecule is COc1ccc(-c2ccnc(Nc3ccc(Cl)cc3)n2)cc1. The van der Waals surface area contributed by atoms with Gasteiger partial charge in [0.2, 0.25) is 5.95 Å². The number of nitrogens with zero attached hydrogens (tertiary/aromatic N) is 2. The molecule has 0 aliphatic carbocycles. The number of ether oxygens (including phenoxy) is 1. The van der Waals surface area contributed by atoms with Crippen LogP contribution in [0.25, 0.3) is 11.3 Å². The molecule has 5 heteroatoms. The number of anilines is 2. The van der Waals surface area contributed by atoms with Gasteiger partial charge in [0, 0.05) is 22.5 Å². The highest BCUT2D eigenvalue weighted by Gasteiger charge is 2.03. The number of benzene rings is 2. The van der Waals surface area contributed by atoms with E-state index >= 15 is 0 Å². The molecule has 4 nitrogen and oxygen atoms in total. The van der Waals surface area contributed by atoms with E-state index in [4.69, 9.17) is 16.3 Å². The van der Waals surface area contributed by atoms with Gasteiger partial charge in [0.25, 0.3) is 0 Å². The maximum atomic E-state index is 5.88. The van der Waals surface area contributed by atoms with Crippen molar-refractivity contribution in [2.45, 2.75) is 0 Å². The van der Waals surface area contributed by atoms with Gasteiger partial charge in [-0.1, -0.05) is 11.6 Å². The second-order valence-corrected chi connectivity index (χ2v) is 5.06. The van der Waals surface area contributed by atoms with Crippen LogP contribution in [0.1, 0.15) is 0 Å². The molecule has 0 aliphatic rings. The summed E-state index contributed by atoms with van der Waals surface area (Å²) in [4.78, 5) is 8.76. The van der Waals surface area contributed by atoms with E-state index in [0.29, 0.717) is 11.0 Å². The molecule has 2 aromatic carbocycles. The lowest BCUT2D eigenvalue weighted by Gasteiger charge is -2.07. The number of halogens is 1. The molecule has 0 unspecified atom stereocenters. The smallest absolute Gasteiger partial charge is 0.227 e. The van der Waals surface area contributed by atoms with E-state index in [-0.39, 0.29) is 0 Å². The number of nitrogens with one attached hydrogen (secondary N) is 1. The van der Waals surface area contributed by atoms with Gasteiger partial charge in [0.1, 0.15) is 5.75 Å². The Bertz CT molecular complexity index is 758. The van der Waals surface area contributed by atoms with Crippen molar-refractivity contribution in [2.75, 3.05) is 12.4 Å². The van der Waals surface area contributed by atoms with Gasteiger partial charge in [-0.15, -0.1) is 0 Å². The fourth-order valence-electron chi connectivity index (χ4n) is 2.00. The first-order chi connectivity index (χ1) is 10.7. The summed E-state index contributed by atoms with van der Waals surface area (Å²) in [6.07, 6.45) is 1.73. The van der Waals surface area contributed by atoms with Gasteiger partial charge in [-0.2, -0.15) is 0 Å². The minimum atomic E-state index is 0.538. The quantitative estimate of drug-likeness (QED) is 0.768. The van der Waals surface area contributed by atoms with Crippen LogP contribution in [-0.2, 0) is 0 Å². The van der Waals surface area contributed by atoms with E-state index in [1.807, 2.05) is 54.6 Å². The Hall–Kier alpha value is -2.59. The minimum absolute atomic E-state index is 0.538. The first-order valence-electron chi connectivity index (χ1n) is 6.75. The molecule has 0 radical (unpaired) electrons. The molecule has 22 heavy (non-hydrogen) atoms. The molecular weight excluding hydrogens is 298 g/mol. The molecule has 1 aromatic heterocycles. The van der Waals surface area contributed by atoms with Crippen molar-refractivity contribution in [1.82, 2.24) is 9.97 Å². The van der Waals surface area contributed by atoms with Crippen LogP contribution in [0.3, 0.4) is 0 Å². The number of hydrogen-bond acceptors (Lipinski definition) is 4. The van der Waals surface area contributed by atoms with Crippen LogP contribution >= 0.6 is 11.6 Å². The highest BCUT2D eigenvalue weighted by molar-refractivity contribution is 6.30. The highest BCUT2D eigenvalue weighted by Crippen LogP contribution is 2.22. The summed E-state index contributed by atoms with van der Waals surface area (Å²) >= 11 is 5.88. The predicted octanol–water partition coefficient (Wildman–Crippen LogP) is 4.55. The Morgan fingerprint density at radius 3 is 2.36 bits per heavy atom. The highest BCUT2D eigenvalue weighted by atomic mass is 35.5. The molecule has 0 bridgehead atoms. The summed E-state index contributed by atoms with van der Waals surface area (Å²) in [6.45, 7) is 0. The van der Waals surface area contributed by atoms with Crippen molar-refractivity contribution >= 4 is 23.2 Å². The summed E-state index contributed by atoms with van der Waals surface area (Å²) in [5.41, 5.74) is 2.73. The summed E-state index contributed by atoms with van der Waals surface area (Å²) < 4.78 is 5.16. The van der Waals surface area contributed by atoms with Gasteiger partial charge in [-0.25, -0.2) is 9.97 Å². The second-order valence-electron chi connectivity index (χ2n) is 4.63. The molecule has 0 saturated heterocycles. The van der Waals surface area contributed by atoms with Crippen molar-refractivity contribution in [2.24, 2.45) is 0 Å². The van der Waals surface area contributed by atoms with Gasteiger partial charge >= 0.3 is 0 Å². The van der Waals surface area contributed by atoms with Gasteiger partial charge in [0.15, 0.2) is 0 Å². The lowest BCUT2D eigenvalue weighted by molar-refractivity contribution is 0.415. The third-order valence-corrected chi connectivity index (χ3v) is 3.39. The normalized spacial score (nSPS) is 10.3. The van der Waals surface area contributed by atoms with Crippen molar-refractivity contribution in [3.05, 3.63) is 65.8 Å².